The van der Waals surface area contributed by atoms with Gasteiger partial charge in [0.25, 0.3) is 0 Å². The molecule has 4 aromatic rings. The lowest BCUT2D eigenvalue weighted by molar-refractivity contribution is 0.171. The van der Waals surface area contributed by atoms with Crippen LogP contribution in [-0.2, 0) is 0 Å². The fourth-order valence-corrected chi connectivity index (χ4v) is 3.41. The molecule has 0 aliphatic carbocycles. The summed E-state index contributed by atoms with van der Waals surface area (Å²) in [5.41, 5.74) is 4.44. The van der Waals surface area contributed by atoms with Crippen molar-refractivity contribution in [2.45, 2.75) is 0 Å². The van der Waals surface area contributed by atoms with Gasteiger partial charge in [0.1, 0.15) is 18.9 Å². The minimum absolute atomic E-state index is 0.541. The van der Waals surface area contributed by atoms with Crippen LogP contribution >= 0.6 is 11.6 Å². The Morgan fingerprint density at radius 2 is 1.67 bits per heavy atom. The lowest BCUT2D eigenvalue weighted by Crippen LogP contribution is -2.15. The van der Waals surface area contributed by atoms with Crippen LogP contribution in [0.15, 0.2) is 84.0 Å². The second-order valence-electron chi connectivity index (χ2n) is 6.81. The molecule has 0 saturated heterocycles. The molecule has 5 nitrogen and oxygen atoms in total. The zero-order chi connectivity index (χ0) is 20.3. The first-order chi connectivity index (χ1) is 14.8. The van der Waals surface area contributed by atoms with Crippen molar-refractivity contribution in [1.82, 2.24) is 9.78 Å². The van der Waals surface area contributed by atoms with Crippen LogP contribution in [0.5, 0.6) is 11.5 Å². The zero-order valence-corrected chi connectivity index (χ0v) is 16.8. The van der Waals surface area contributed by atoms with Gasteiger partial charge in [-0.2, -0.15) is 5.10 Å². The Kier molecular flexibility index (Phi) is 4.95. The standard InChI is InChI=1S/C24H18ClN3O2/c25-19-7-9-20(10-8-19)26-15-18-16-28(21-4-2-1-3-5-21)27-24(18)17-6-11-22-23(14-17)30-13-12-29-22/h1-11,14-16H,12-13H2. The largest absolute Gasteiger partial charge is 0.486 e. The zero-order valence-electron chi connectivity index (χ0n) is 16.0. The average Bonchev–Trinajstić information content (AvgIpc) is 3.23. The van der Waals surface area contributed by atoms with Crippen LogP contribution in [0.2, 0.25) is 5.02 Å². The first-order valence-electron chi connectivity index (χ1n) is 9.61. The number of halogens is 1. The third-order valence-electron chi connectivity index (χ3n) is 4.76. The van der Waals surface area contributed by atoms with E-state index < -0.39 is 0 Å². The summed E-state index contributed by atoms with van der Waals surface area (Å²) < 4.78 is 13.3. The molecule has 0 fully saturated rings. The van der Waals surface area contributed by atoms with E-state index in [0.717, 1.165) is 39.7 Å². The number of rotatable bonds is 4. The fourth-order valence-electron chi connectivity index (χ4n) is 3.28. The summed E-state index contributed by atoms with van der Waals surface area (Å²) in [6.45, 7) is 1.10. The summed E-state index contributed by atoms with van der Waals surface area (Å²) >= 11 is 5.98. The molecule has 2 heterocycles. The van der Waals surface area contributed by atoms with Crippen molar-refractivity contribution in [3.8, 4) is 28.4 Å². The minimum Gasteiger partial charge on any atom is -0.486 e. The molecule has 1 aliphatic rings. The highest BCUT2D eigenvalue weighted by Gasteiger charge is 2.16. The molecule has 1 aromatic heterocycles. The lowest BCUT2D eigenvalue weighted by Gasteiger charge is -2.18. The number of hydrogen-bond acceptors (Lipinski definition) is 4. The topological polar surface area (TPSA) is 48.6 Å². The van der Waals surface area contributed by atoms with Gasteiger partial charge in [-0.15, -0.1) is 0 Å². The van der Waals surface area contributed by atoms with E-state index in [0.29, 0.717) is 18.2 Å². The third kappa shape index (κ3) is 3.80. The molecule has 3 aromatic carbocycles. The summed E-state index contributed by atoms with van der Waals surface area (Å²) in [5, 5.41) is 5.52. The summed E-state index contributed by atoms with van der Waals surface area (Å²) in [6, 6.07) is 23.3. The Bertz CT molecular complexity index is 1200. The monoisotopic (exact) mass is 415 g/mol. The van der Waals surface area contributed by atoms with E-state index in [2.05, 4.69) is 4.99 Å². The molecular weight excluding hydrogens is 398 g/mol. The van der Waals surface area contributed by atoms with Crippen molar-refractivity contribution in [3.63, 3.8) is 0 Å². The predicted molar refractivity (Wildman–Crippen MR) is 119 cm³/mol. The number of para-hydroxylation sites is 1. The van der Waals surface area contributed by atoms with Crippen molar-refractivity contribution in [1.29, 1.82) is 0 Å². The maximum Gasteiger partial charge on any atom is 0.162 e. The summed E-state index contributed by atoms with van der Waals surface area (Å²) in [6.07, 6.45) is 3.79. The molecule has 0 amide bonds. The maximum atomic E-state index is 5.98. The minimum atomic E-state index is 0.541. The molecule has 0 unspecified atom stereocenters. The van der Waals surface area contributed by atoms with E-state index in [1.807, 2.05) is 89.9 Å². The molecule has 0 saturated carbocycles. The number of aromatic nitrogens is 2. The Hall–Kier alpha value is -3.57. The van der Waals surface area contributed by atoms with Crippen LogP contribution in [0.25, 0.3) is 16.9 Å². The molecule has 0 bridgehead atoms. The number of fused-ring (bicyclic) bond motifs is 1. The molecule has 0 N–H and O–H groups in total. The van der Waals surface area contributed by atoms with Crippen molar-refractivity contribution in [2.24, 2.45) is 4.99 Å². The van der Waals surface area contributed by atoms with Gasteiger partial charge in [0, 0.05) is 28.6 Å². The highest BCUT2D eigenvalue weighted by Crippen LogP contribution is 2.35. The Balaban J connectivity index is 1.58. The fraction of sp³-hybridized carbons (Fsp3) is 0.0833. The van der Waals surface area contributed by atoms with E-state index >= 15 is 0 Å². The van der Waals surface area contributed by atoms with Crippen LogP contribution in [0, 0.1) is 0 Å². The number of aliphatic imine (C=N–C) groups is 1. The van der Waals surface area contributed by atoms with Crippen LogP contribution in [-0.4, -0.2) is 29.2 Å². The SMILES string of the molecule is Clc1ccc(N=Cc2cn(-c3ccccc3)nc2-c2ccc3c(c2)OCCO3)cc1. The highest BCUT2D eigenvalue weighted by atomic mass is 35.5. The molecule has 0 atom stereocenters. The Morgan fingerprint density at radius 1 is 0.900 bits per heavy atom. The lowest BCUT2D eigenvalue weighted by atomic mass is 10.1. The van der Waals surface area contributed by atoms with Gasteiger partial charge in [-0.3, -0.25) is 4.99 Å². The maximum absolute atomic E-state index is 5.98. The van der Waals surface area contributed by atoms with Gasteiger partial charge in [-0.25, -0.2) is 4.68 Å². The molecule has 5 rings (SSSR count). The first kappa shape index (κ1) is 18.5. The van der Waals surface area contributed by atoms with Crippen LogP contribution in [0.1, 0.15) is 5.56 Å². The van der Waals surface area contributed by atoms with Gasteiger partial charge in [-0.1, -0.05) is 29.8 Å². The first-order valence-corrected chi connectivity index (χ1v) is 9.99. The predicted octanol–water partition coefficient (Wildman–Crippen LogP) is 5.71. The van der Waals surface area contributed by atoms with Gasteiger partial charge in [0.05, 0.1) is 11.4 Å². The van der Waals surface area contributed by atoms with Crippen molar-refractivity contribution >= 4 is 23.5 Å². The van der Waals surface area contributed by atoms with E-state index in [1.54, 1.807) is 0 Å². The second-order valence-corrected chi connectivity index (χ2v) is 7.24. The third-order valence-corrected chi connectivity index (χ3v) is 5.01. The number of ether oxygens (including phenoxy) is 2. The van der Waals surface area contributed by atoms with E-state index in [4.69, 9.17) is 26.2 Å². The van der Waals surface area contributed by atoms with Gasteiger partial charge in [0.2, 0.25) is 0 Å². The van der Waals surface area contributed by atoms with Gasteiger partial charge in [0.15, 0.2) is 11.5 Å². The normalized spacial score (nSPS) is 13.0. The molecular formula is C24H18ClN3O2. The van der Waals surface area contributed by atoms with Crippen LogP contribution in [0.3, 0.4) is 0 Å². The summed E-state index contributed by atoms with van der Waals surface area (Å²) in [5.74, 6) is 1.48. The van der Waals surface area contributed by atoms with Crippen LogP contribution < -0.4 is 9.47 Å². The van der Waals surface area contributed by atoms with Gasteiger partial charge in [-0.05, 0) is 54.6 Å². The van der Waals surface area contributed by atoms with E-state index in [-0.39, 0.29) is 0 Å². The number of benzene rings is 3. The molecule has 1 aliphatic heterocycles. The number of hydrogen-bond donors (Lipinski definition) is 0. The molecule has 148 valence electrons. The Morgan fingerprint density at radius 3 is 2.47 bits per heavy atom. The van der Waals surface area contributed by atoms with Crippen molar-refractivity contribution in [2.75, 3.05) is 13.2 Å². The quantitative estimate of drug-likeness (QED) is 0.401. The highest BCUT2D eigenvalue weighted by molar-refractivity contribution is 6.30. The average molecular weight is 416 g/mol. The second kappa shape index (κ2) is 8.05. The van der Waals surface area contributed by atoms with E-state index in [9.17, 15) is 0 Å². The van der Waals surface area contributed by atoms with Crippen LogP contribution in [0.4, 0.5) is 5.69 Å². The van der Waals surface area contributed by atoms with Gasteiger partial charge < -0.3 is 9.47 Å². The molecule has 30 heavy (non-hydrogen) atoms. The van der Waals surface area contributed by atoms with Crippen molar-refractivity contribution < 1.29 is 9.47 Å². The number of nitrogens with zero attached hydrogens (tertiary/aromatic N) is 3. The smallest absolute Gasteiger partial charge is 0.162 e. The molecule has 0 spiro atoms. The molecule has 0 radical (unpaired) electrons. The summed E-state index contributed by atoms with van der Waals surface area (Å²) in [4.78, 5) is 4.61. The molecule has 6 heteroatoms. The Labute approximate surface area is 179 Å². The van der Waals surface area contributed by atoms with E-state index in [1.165, 1.54) is 0 Å². The summed E-state index contributed by atoms with van der Waals surface area (Å²) in [7, 11) is 0. The van der Waals surface area contributed by atoms with Crippen molar-refractivity contribution in [3.05, 3.63) is 89.6 Å². The van der Waals surface area contributed by atoms with Gasteiger partial charge >= 0.3 is 0 Å².